The summed E-state index contributed by atoms with van der Waals surface area (Å²) in [6.45, 7) is 3.46. The van der Waals surface area contributed by atoms with Crippen LogP contribution in [-0.2, 0) is 4.79 Å². The van der Waals surface area contributed by atoms with Gasteiger partial charge in [0.1, 0.15) is 0 Å². The Kier molecular flexibility index (Phi) is 3.20. The highest BCUT2D eigenvalue weighted by molar-refractivity contribution is 6.26. The van der Waals surface area contributed by atoms with Crippen LogP contribution in [0.1, 0.15) is 12.5 Å². The first kappa shape index (κ1) is 9.45. The average molecular weight is 176 g/mol. The van der Waals surface area contributed by atoms with E-state index in [1.807, 2.05) is 31.2 Å². The van der Waals surface area contributed by atoms with E-state index in [0.29, 0.717) is 0 Å². The number of Topliss-reactive ketones (excluding diaryl/α,β-unsaturated/α-hetero) is 1. The molecule has 0 aliphatic carbocycles. The van der Waals surface area contributed by atoms with Crippen LogP contribution in [0.4, 0.5) is 5.69 Å². The quantitative estimate of drug-likeness (QED) is 0.565. The first-order valence-electron chi connectivity index (χ1n) is 4.05. The lowest BCUT2D eigenvalue weighted by molar-refractivity contribution is -0.110. The molecule has 0 spiro atoms. The number of hydrazone groups is 1. The number of carbonyl (C=O) groups excluding carboxylic acids is 1. The third kappa shape index (κ3) is 3.51. The van der Waals surface area contributed by atoms with Crippen molar-refractivity contribution in [2.24, 2.45) is 5.10 Å². The Morgan fingerprint density at radius 3 is 2.92 bits per heavy atom. The van der Waals surface area contributed by atoms with Crippen LogP contribution in [0.5, 0.6) is 0 Å². The van der Waals surface area contributed by atoms with Crippen molar-refractivity contribution < 1.29 is 4.79 Å². The zero-order chi connectivity index (χ0) is 9.68. The number of rotatable bonds is 3. The molecule has 0 aromatic heterocycles. The topological polar surface area (TPSA) is 41.5 Å². The largest absolute Gasteiger partial charge is 0.293 e. The third-order valence-electron chi connectivity index (χ3n) is 1.46. The van der Waals surface area contributed by atoms with Crippen molar-refractivity contribution in [3.8, 4) is 0 Å². The smallest absolute Gasteiger partial charge is 0.172 e. The van der Waals surface area contributed by atoms with E-state index in [9.17, 15) is 4.79 Å². The number of nitrogens with one attached hydrogen (secondary N) is 1. The first-order chi connectivity index (χ1) is 6.18. The van der Waals surface area contributed by atoms with Crippen LogP contribution >= 0.6 is 0 Å². The maximum Gasteiger partial charge on any atom is 0.172 e. The molecular weight excluding hydrogens is 164 g/mol. The summed E-state index contributed by atoms with van der Waals surface area (Å²) in [5, 5.41) is 3.76. The molecule has 3 nitrogen and oxygen atoms in total. The van der Waals surface area contributed by atoms with Crippen molar-refractivity contribution in [2.45, 2.75) is 13.8 Å². The molecule has 0 aliphatic rings. The Labute approximate surface area is 77.5 Å². The zero-order valence-corrected chi connectivity index (χ0v) is 7.74. The van der Waals surface area contributed by atoms with E-state index in [1.54, 1.807) is 0 Å². The van der Waals surface area contributed by atoms with E-state index >= 15 is 0 Å². The summed E-state index contributed by atoms with van der Waals surface area (Å²) in [7, 11) is 0. The SMILES string of the molecule is CC(=O)/C=N\Nc1cccc(C)c1. The van der Waals surface area contributed by atoms with Gasteiger partial charge in [0.25, 0.3) is 0 Å². The summed E-state index contributed by atoms with van der Waals surface area (Å²) in [6, 6.07) is 7.78. The number of hydrogen-bond acceptors (Lipinski definition) is 3. The molecular formula is C10H12N2O. The lowest BCUT2D eigenvalue weighted by Crippen LogP contribution is -1.95. The van der Waals surface area contributed by atoms with E-state index in [4.69, 9.17) is 0 Å². The highest BCUT2D eigenvalue weighted by Crippen LogP contribution is 2.08. The number of ketones is 1. The van der Waals surface area contributed by atoms with Crippen LogP contribution in [0.2, 0.25) is 0 Å². The number of anilines is 1. The van der Waals surface area contributed by atoms with Gasteiger partial charge in [0, 0.05) is 6.92 Å². The number of carbonyl (C=O) groups is 1. The van der Waals surface area contributed by atoms with Gasteiger partial charge in [0.05, 0.1) is 11.9 Å². The van der Waals surface area contributed by atoms with Crippen LogP contribution in [0, 0.1) is 6.92 Å². The van der Waals surface area contributed by atoms with Gasteiger partial charge in [-0.15, -0.1) is 0 Å². The van der Waals surface area contributed by atoms with Crippen LogP contribution in [0.3, 0.4) is 0 Å². The summed E-state index contributed by atoms with van der Waals surface area (Å²) in [5.74, 6) is -0.0693. The summed E-state index contributed by atoms with van der Waals surface area (Å²) in [6.07, 6.45) is 1.25. The first-order valence-corrected chi connectivity index (χ1v) is 4.05. The molecule has 0 fully saturated rings. The van der Waals surface area contributed by atoms with Crippen LogP contribution in [0.25, 0.3) is 0 Å². The molecule has 1 aromatic carbocycles. The fraction of sp³-hybridized carbons (Fsp3) is 0.200. The fourth-order valence-electron chi connectivity index (χ4n) is 0.912. The minimum absolute atomic E-state index is 0.0693. The molecule has 3 heteroatoms. The standard InChI is InChI=1S/C10H12N2O/c1-8-4-3-5-10(6-8)12-11-7-9(2)13/h3-7,12H,1-2H3/b11-7-. The normalized spacial score (nSPS) is 10.3. The van der Waals surface area contributed by atoms with Gasteiger partial charge in [-0.2, -0.15) is 5.10 Å². The second kappa shape index (κ2) is 4.40. The molecule has 0 saturated heterocycles. The van der Waals surface area contributed by atoms with E-state index in [0.717, 1.165) is 11.3 Å². The Bertz CT molecular complexity index is 331. The van der Waals surface area contributed by atoms with Gasteiger partial charge in [-0.1, -0.05) is 12.1 Å². The molecule has 0 saturated carbocycles. The Morgan fingerprint density at radius 2 is 2.31 bits per heavy atom. The predicted octanol–water partition coefficient (Wildman–Crippen LogP) is 1.98. The average Bonchev–Trinajstić information content (AvgIpc) is 2.03. The van der Waals surface area contributed by atoms with Crippen LogP contribution in [0.15, 0.2) is 29.4 Å². The third-order valence-corrected chi connectivity index (χ3v) is 1.46. The maximum absolute atomic E-state index is 10.5. The zero-order valence-electron chi connectivity index (χ0n) is 7.74. The lowest BCUT2D eigenvalue weighted by Gasteiger charge is -1.99. The van der Waals surface area contributed by atoms with Gasteiger partial charge in [0.2, 0.25) is 0 Å². The molecule has 13 heavy (non-hydrogen) atoms. The summed E-state index contributed by atoms with van der Waals surface area (Å²) < 4.78 is 0. The minimum Gasteiger partial charge on any atom is -0.293 e. The fourth-order valence-corrected chi connectivity index (χ4v) is 0.912. The van der Waals surface area contributed by atoms with Crippen molar-refractivity contribution in [1.29, 1.82) is 0 Å². The van der Waals surface area contributed by atoms with Gasteiger partial charge in [-0.25, -0.2) is 0 Å². The van der Waals surface area contributed by atoms with Gasteiger partial charge in [-0.3, -0.25) is 10.2 Å². The molecule has 0 atom stereocenters. The molecule has 1 N–H and O–H groups in total. The van der Waals surface area contributed by atoms with Crippen LogP contribution < -0.4 is 5.43 Å². The lowest BCUT2D eigenvalue weighted by atomic mass is 10.2. The number of benzene rings is 1. The number of aryl methyl sites for hydroxylation is 1. The predicted molar refractivity (Wildman–Crippen MR) is 54.0 cm³/mol. The van der Waals surface area contributed by atoms with Gasteiger partial charge >= 0.3 is 0 Å². The maximum atomic E-state index is 10.5. The second-order valence-electron chi connectivity index (χ2n) is 2.85. The van der Waals surface area contributed by atoms with E-state index in [-0.39, 0.29) is 5.78 Å². The van der Waals surface area contributed by atoms with Crippen molar-refractivity contribution >= 4 is 17.7 Å². The summed E-state index contributed by atoms with van der Waals surface area (Å²) >= 11 is 0. The van der Waals surface area contributed by atoms with E-state index in [2.05, 4.69) is 10.5 Å². The van der Waals surface area contributed by atoms with Gasteiger partial charge in [0.15, 0.2) is 5.78 Å². The van der Waals surface area contributed by atoms with Crippen LogP contribution in [-0.4, -0.2) is 12.0 Å². The van der Waals surface area contributed by atoms with Crippen molar-refractivity contribution in [2.75, 3.05) is 5.43 Å². The molecule has 0 unspecified atom stereocenters. The minimum atomic E-state index is -0.0693. The Hall–Kier alpha value is -1.64. The molecule has 1 aromatic rings. The molecule has 0 heterocycles. The number of nitrogens with zero attached hydrogens (tertiary/aromatic N) is 1. The highest BCUT2D eigenvalue weighted by atomic mass is 16.1. The van der Waals surface area contributed by atoms with Crippen molar-refractivity contribution in [1.82, 2.24) is 0 Å². The van der Waals surface area contributed by atoms with Crippen molar-refractivity contribution in [3.05, 3.63) is 29.8 Å². The molecule has 1 rings (SSSR count). The van der Waals surface area contributed by atoms with Crippen molar-refractivity contribution in [3.63, 3.8) is 0 Å². The monoisotopic (exact) mass is 176 g/mol. The number of hydrogen-bond donors (Lipinski definition) is 1. The molecule has 0 bridgehead atoms. The highest BCUT2D eigenvalue weighted by Gasteiger charge is 1.88. The molecule has 68 valence electrons. The Morgan fingerprint density at radius 1 is 1.54 bits per heavy atom. The Balaban J connectivity index is 2.59. The molecule has 0 aliphatic heterocycles. The van der Waals surface area contributed by atoms with E-state index < -0.39 is 0 Å². The second-order valence-corrected chi connectivity index (χ2v) is 2.85. The summed E-state index contributed by atoms with van der Waals surface area (Å²) in [5.41, 5.74) is 4.81. The summed E-state index contributed by atoms with van der Waals surface area (Å²) in [4.78, 5) is 10.5. The van der Waals surface area contributed by atoms with Gasteiger partial charge in [-0.05, 0) is 24.6 Å². The molecule has 0 radical (unpaired) electrons. The van der Waals surface area contributed by atoms with Gasteiger partial charge < -0.3 is 0 Å². The molecule has 0 amide bonds. The van der Waals surface area contributed by atoms with E-state index in [1.165, 1.54) is 13.1 Å².